The molecule has 0 radical (unpaired) electrons. The molecule has 130 valence electrons. The summed E-state index contributed by atoms with van der Waals surface area (Å²) >= 11 is 0. The average Bonchev–Trinajstić information content (AvgIpc) is 3.28. The normalized spacial score (nSPS) is 15.5. The van der Waals surface area contributed by atoms with E-state index in [-0.39, 0.29) is 6.10 Å². The van der Waals surface area contributed by atoms with Crippen LogP contribution in [0.1, 0.15) is 24.2 Å². The summed E-state index contributed by atoms with van der Waals surface area (Å²) < 4.78 is 13.3. The van der Waals surface area contributed by atoms with Crippen LogP contribution in [-0.2, 0) is 13.5 Å². The van der Waals surface area contributed by atoms with Crippen molar-refractivity contribution in [2.75, 3.05) is 18.0 Å². The number of rotatable bonds is 5. The number of furan rings is 1. The molecule has 1 aromatic carbocycles. The zero-order valence-electron chi connectivity index (χ0n) is 14.3. The minimum absolute atomic E-state index is 0.261. The van der Waals surface area contributed by atoms with Crippen molar-refractivity contribution in [3.8, 4) is 5.75 Å². The van der Waals surface area contributed by atoms with Crippen LogP contribution in [-0.4, -0.2) is 34.0 Å². The fraction of sp³-hybridized carbons (Fsp3) is 0.368. The summed E-state index contributed by atoms with van der Waals surface area (Å²) in [5.41, 5.74) is 1.11. The third-order valence-corrected chi connectivity index (χ3v) is 4.66. The van der Waals surface area contributed by atoms with Crippen LogP contribution < -0.4 is 9.64 Å². The summed E-state index contributed by atoms with van der Waals surface area (Å²) in [6.45, 7) is 1.85. The first-order valence-electron chi connectivity index (χ1n) is 8.65. The molecule has 2 aromatic heterocycles. The van der Waals surface area contributed by atoms with Crippen LogP contribution in [0.3, 0.4) is 0 Å². The van der Waals surface area contributed by atoms with Crippen molar-refractivity contribution in [3.63, 3.8) is 0 Å². The predicted octanol–water partition coefficient (Wildman–Crippen LogP) is 3.05. The molecule has 0 aliphatic carbocycles. The first-order valence-corrected chi connectivity index (χ1v) is 8.65. The van der Waals surface area contributed by atoms with E-state index in [9.17, 15) is 0 Å². The number of anilines is 1. The highest BCUT2D eigenvalue weighted by atomic mass is 16.5. The molecule has 0 atom stereocenters. The smallest absolute Gasteiger partial charge is 0.226 e. The molecular weight excluding hydrogens is 316 g/mol. The molecule has 25 heavy (non-hydrogen) atoms. The van der Waals surface area contributed by atoms with Gasteiger partial charge < -0.3 is 18.6 Å². The quantitative estimate of drug-likeness (QED) is 0.716. The highest BCUT2D eigenvalue weighted by molar-refractivity contribution is 5.33. The van der Waals surface area contributed by atoms with Gasteiger partial charge in [0.25, 0.3) is 0 Å². The first kappa shape index (κ1) is 15.7. The van der Waals surface area contributed by atoms with Gasteiger partial charge in [-0.1, -0.05) is 18.2 Å². The molecule has 1 saturated heterocycles. The number of piperidine rings is 1. The highest BCUT2D eigenvalue weighted by Gasteiger charge is 2.24. The summed E-state index contributed by atoms with van der Waals surface area (Å²) in [6, 6.07) is 12.0. The summed E-state index contributed by atoms with van der Waals surface area (Å²) in [7, 11) is 2.03. The Kier molecular flexibility index (Phi) is 4.41. The Morgan fingerprint density at radius 1 is 1.12 bits per heavy atom. The second kappa shape index (κ2) is 7.01. The topological polar surface area (TPSA) is 56.3 Å². The maximum Gasteiger partial charge on any atom is 0.226 e. The van der Waals surface area contributed by atoms with Gasteiger partial charge in [0.05, 0.1) is 12.5 Å². The van der Waals surface area contributed by atoms with Gasteiger partial charge in [-0.15, -0.1) is 10.2 Å². The molecule has 6 nitrogen and oxygen atoms in total. The van der Waals surface area contributed by atoms with Gasteiger partial charge in [-0.05, 0) is 23.8 Å². The van der Waals surface area contributed by atoms with Gasteiger partial charge in [0.2, 0.25) is 5.95 Å². The maximum absolute atomic E-state index is 6.07. The maximum atomic E-state index is 6.07. The summed E-state index contributed by atoms with van der Waals surface area (Å²) in [6.07, 6.45) is 6.40. The predicted molar refractivity (Wildman–Crippen MR) is 94.8 cm³/mol. The lowest BCUT2D eigenvalue weighted by Crippen LogP contribution is -2.39. The molecule has 0 unspecified atom stereocenters. The van der Waals surface area contributed by atoms with Gasteiger partial charge in [0.1, 0.15) is 17.7 Å². The molecule has 1 fully saturated rings. The van der Waals surface area contributed by atoms with E-state index in [1.807, 2.05) is 43.4 Å². The largest absolute Gasteiger partial charge is 0.490 e. The third kappa shape index (κ3) is 3.52. The van der Waals surface area contributed by atoms with E-state index in [2.05, 4.69) is 19.7 Å². The van der Waals surface area contributed by atoms with Gasteiger partial charge >= 0.3 is 0 Å². The zero-order valence-corrected chi connectivity index (χ0v) is 14.3. The van der Waals surface area contributed by atoms with Crippen LogP contribution in [0.25, 0.3) is 0 Å². The molecule has 0 saturated carbocycles. The number of hydrogen-bond donors (Lipinski definition) is 0. The summed E-state index contributed by atoms with van der Waals surface area (Å²) in [4.78, 5) is 2.29. The summed E-state index contributed by atoms with van der Waals surface area (Å²) in [5, 5.41) is 8.75. The van der Waals surface area contributed by atoms with Crippen LogP contribution in [0.5, 0.6) is 5.75 Å². The molecular formula is C19H22N4O2. The Bertz CT molecular complexity index is 790. The lowest BCUT2D eigenvalue weighted by atomic mass is 10.1. The van der Waals surface area contributed by atoms with Crippen LogP contribution in [0.4, 0.5) is 5.95 Å². The minimum atomic E-state index is 0.261. The van der Waals surface area contributed by atoms with Crippen molar-refractivity contribution in [2.45, 2.75) is 25.4 Å². The van der Waals surface area contributed by atoms with E-state index in [0.29, 0.717) is 0 Å². The highest BCUT2D eigenvalue weighted by Crippen LogP contribution is 2.22. The standard InChI is InChI=1S/C19H22N4O2/c1-22-18(13-15-9-12-24-14-15)20-21-19(22)23-10-7-17(8-11-23)25-16-5-3-2-4-6-16/h2-6,9,12,14,17H,7-8,10-11,13H2,1H3. The molecule has 0 bridgehead atoms. The van der Waals surface area contributed by atoms with Crippen molar-refractivity contribution < 1.29 is 9.15 Å². The fourth-order valence-electron chi connectivity index (χ4n) is 3.22. The monoisotopic (exact) mass is 338 g/mol. The van der Waals surface area contributed by atoms with Gasteiger partial charge in [-0.25, -0.2) is 0 Å². The second-order valence-corrected chi connectivity index (χ2v) is 6.40. The molecule has 3 aromatic rings. The van der Waals surface area contributed by atoms with Crippen molar-refractivity contribution in [2.24, 2.45) is 7.05 Å². The van der Waals surface area contributed by atoms with Crippen LogP contribution >= 0.6 is 0 Å². The fourth-order valence-corrected chi connectivity index (χ4v) is 3.22. The number of benzene rings is 1. The van der Waals surface area contributed by atoms with Crippen LogP contribution in [0.15, 0.2) is 53.3 Å². The molecule has 3 heterocycles. The van der Waals surface area contributed by atoms with Gasteiger partial charge in [-0.2, -0.15) is 0 Å². The number of hydrogen-bond acceptors (Lipinski definition) is 5. The molecule has 4 rings (SSSR count). The van der Waals surface area contributed by atoms with E-state index < -0.39 is 0 Å². The van der Waals surface area contributed by atoms with Crippen molar-refractivity contribution in [3.05, 3.63) is 60.3 Å². The van der Waals surface area contributed by atoms with Gasteiger partial charge in [0.15, 0.2) is 0 Å². The number of para-hydroxylation sites is 1. The SMILES string of the molecule is Cn1c(Cc2ccoc2)nnc1N1CCC(Oc2ccccc2)CC1. The van der Waals surface area contributed by atoms with E-state index in [0.717, 1.165) is 55.4 Å². The lowest BCUT2D eigenvalue weighted by Gasteiger charge is -2.32. The number of nitrogens with zero attached hydrogens (tertiary/aromatic N) is 4. The Balaban J connectivity index is 1.37. The van der Waals surface area contributed by atoms with Crippen molar-refractivity contribution in [1.29, 1.82) is 0 Å². The molecule has 1 aliphatic heterocycles. The van der Waals surface area contributed by atoms with Gasteiger partial charge in [0, 0.05) is 39.4 Å². The van der Waals surface area contributed by atoms with Crippen LogP contribution in [0.2, 0.25) is 0 Å². The average molecular weight is 338 g/mol. The molecule has 0 amide bonds. The Labute approximate surface area is 147 Å². The molecule has 0 spiro atoms. The van der Waals surface area contributed by atoms with Gasteiger partial charge in [-0.3, -0.25) is 0 Å². The first-order chi connectivity index (χ1) is 12.3. The van der Waals surface area contributed by atoms with Crippen molar-refractivity contribution >= 4 is 5.95 Å². The Hall–Kier alpha value is -2.76. The van der Waals surface area contributed by atoms with Crippen molar-refractivity contribution in [1.82, 2.24) is 14.8 Å². The number of ether oxygens (including phenoxy) is 1. The van der Waals surface area contributed by atoms with Crippen LogP contribution in [0, 0.1) is 0 Å². The molecule has 0 N–H and O–H groups in total. The summed E-state index contributed by atoms with van der Waals surface area (Å²) in [5.74, 6) is 2.82. The second-order valence-electron chi connectivity index (χ2n) is 6.40. The Morgan fingerprint density at radius 2 is 1.92 bits per heavy atom. The van der Waals surface area contributed by atoms with E-state index in [1.54, 1.807) is 12.5 Å². The number of aromatic nitrogens is 3. The van der Waals surface area contributed by atoms with E-state index in [1.165, 1.54) is 0 Å². The Morgan fingerprint density at radius 3 is 2.64 bits per heavy atom. The zero-order chi connectivity index (χ0) is 17.1. The molecule has 6 heteroatoms. The third-order valence-electron chi connectivity index (χ3n) is 4.66. The van der Waals surface area contributed by atoms with E-state index in [4.69, 9.17) is 9.15 Å². The molecule has 1 aliphatic rings. The van der Waals surface area contributed by atoms with E-state index >= 15 is 0 Å². The minimum Gasteiger partial charge on any atom is -0.490 e. The lowest BCUT2D eigenvalue weighted by molar-refractivity contribution is 0.170.